The summed E-state index contributed by atoms with van der Waals surface area (Å²) in [5, 5.41) is 4.51. The van der Waals surface area contributed by atoms with Crippen LogP contribution >= 0.6 is 0 Å². The first-order valence-electron chi connectivity index (χ1n) is 10.9. The van der Waals surface area contributed by atoms with E-state index in [0.29, 0.717) is 40.7 Å². The Labute approximate surface area is 190 Å². The van der Waals surface area contributed by atoms with Crippen molar-refractivity contribution in [2.75, 3.05) is 30.4 Å². The molecular weight excluding hydrogens is 423 g/mol. The number of nitrogens with one attached hydrogen (secondary N) is 2. The second-order valence-corrected chi connectivity index (χ2v) is 9.18. The van der Waals surface area contributed by atoms with Crippen molar-refractivity contribution in [1.82, 2.24) is 24.9 Å². The maximum absolute atomic E-state index is 14.5. The summed E-state index contributed by atoms with van der Waals surface area (Å²) in [4.78, 5) is 23.2. The van der Waals surface area contributed by atoms with E-state index in [2.05, 4.69) is 44.0 Å². The SMILES string of the molecule is CNc1cc(F)cc2c1[nH]c1nc(Oc3cnc(C)nc3)nc(N3CCC(N)C(C)(C)C3)c12. The van der Waals surface area contributed by atoms with Crippen molar-refractivity contribution in [3.8, 4) is 11.8 Å². The number of H-pyrrole nitrogens is 1. The number of ether oxygens (including phenoxy) is 1. The number of hydrogen-bond acceptors (Lipinski definition) is 8. The molecule has 9 nitrogen and oxygen atoms in total. The van der Waals surface area contributed by atoms with Crippen LogP contribution < -0.4 is 20.7 Å². The highest BCUT2D eigenvalue weighted by molar-refractivity contribution is 6.14. The Kier molecular flexibility index (Phi) is 5.04. The Bertz CT molecular complexity index is 1330. The molecule has 1 atom stereocenters. The lowest BCUT2D eigenvalue weighted by Gasteiger charge is -2.43. The van der Waals surface area contributed by atoms with Crippen LogP contribution in [0.2, 0.25) is 0 Å². The van der Waals surface area contributed by atoms with Gasteiger partial charge in [0.15, 0.2) is 5.75 Å². The Morgan fingerprint density at radius 3 is 2.70 bits per heavy atom. The monoisotopic (exact) mass is 450 g/mol. The quantitative estimate of drug-likeness (QED) is 0.430. The van der Waals surface area contributed by atoms with Gasteiger partial charge < -0.3 is 25.7 Å². The van der Waals surface area contributed by atoms with E-state index in [-0.39, 0.29) is 23.3 Å². The number of fused-ring (bicyclic) bond motifs is 3. The van der Waals surface area contributed by atoms with Gasteiger partial charge in [-0.05, 0) is 30.9 Å². The molecule has 1 aliphatic heterocycles. The Morgan fingerprint density at radius 2 is 2.00 bits per heavy atom. The molecule has 3 aromatic heterocycles. The predicted octanol–water partition coefficient (Wildman–Crippen LogP) is 3.75. The minimum absolute atomic E-state index is 0.0859. The Balaban J connectivity index is 1.71. The standard InChI is InChI=1S/C23H27FN8O/c1-12-27-9-14(10-28-12)33-22-30-20-18(15-7-13(24)8-16(26-4)19(15)29-20)21(31-22)32-6-5-17(25)23(2,3)11-32/h7-10,17,26H,5-6,11,25H2,1-4H3,(H,29,30,31). The van der Waals surface area contributed by atoms with Crippen molar-refractivity contribution in [2.24, 2.45) is 11.1 Å². The van der Waals surface area contributed by atoms with Gasteiger partial charge in [-0.25, -0.2) is 14.4 Å². The third-order valence-corrected chi connectivity index (χ3v) is 6.33. The molecule has 1 fully saturated rings. The van der Waals surface area contributed by atoms with Gasteiger partial charge in [0, 0.05) is 31.6 Å². The predicted molar refractivity (Wildman–Crippen MR) is 126 cm³/mol. The van der Waals surface area contributed by atoms with Crippen LogP contribution in [0.15, 0.2) is 24.5 Å². The van der Waals surface area contributed by atoms with E-state index in [0.717, 1.165) is 23.9 Å². The number of hydrogen-bond donors (Lipinski definition) is 3. The van der Waals surface area contributed by atoms with Gasteiger partial charge in [-0.15, -0.1) is 0 Å². The van der Waals surface area contributed by atoms with Gasteiger partial charge in [-0.3, -0.25) is 0 Å². The van der Waals surface area contributed by atoms with Gasteiger partial charge in [0.1, 0.15) is 23.1 Å². The van der Waals surface area contributed by atoms with Crippen molar-refractivity contribution >= 4 is 33.4 Å². The van der Waals surface area contributed by atoms with Gasteiger partial charge in [0.25, 0.3) is 0 Å². The molecule has 0 spiro atoms. The number of aromatic nitrogens is 5. The van der Waals surface area contributed by atoms with E-state index >= 15 is 0 Å². The number of nitrogens with two attached hydrogens (primary N) is 1. The smallest absolute Gasteiger partial charge is 0.326 e. The van der Waals surface area contributed by atoms with Crippen LogP contribution in [0, 0.1) is 18.2 Å². The summed E-state index contributed by atoms with van der Waals surface area (Å²) < 4.78 is 20.4. The maximum atomic E-state index is 14.5. The fourth-order valence-corrected chi connectivity index (χ4v) is 4.39. The summed E-state index contributed by atoms with van der Waals surface area (Å²) >= 11 is 0. The number of nitrogens with zero attached hydrogens (tertiary/aromatic N) is 5. The zero-order valence-corrected chi connectivity index (χ0v) is 19.1. The average Bonchev–Trinajstić information content (AvgIpc) is 3.14. The maximum Gasteiger partial charge on any atom is 0.326 e. The van der Waals surface area contributed by atoms with Gasteiger partial charge in [0.05, 0.1) is 29.0 Å². The first-order chi connectivity index (χ1) is 15.7. The van der Waals surface area contributed by atoms with Gasteiger partial charge in [-0.2, -0.15) is 9.97 Å². The summed E-state index contributed by atoms with van der Waals surface area (Å²) in [6.45, 7) is 7.53. The zero-order valence-electron chi connectivity index (χ0n) is 19.1. The average molecular weight is 451 g/mol. The first kappa shape index (κ1) is 21.3. The van der Waals surface area contributed by atoms with E-state index in [1.165, 1.54) is 12.1 Å². The summed E-state index contributed by atoms with van der Waals surface area (Å²) in [6.07, 6.45) is 3.98. The molecule has 1 aliphatic rings. The Hall–Kier alpha value is -3.53. The molecule has 172 valence electrons. The number of aromatic amines is 1. The van der Waals surface area contributed by atoms with Crippen LogP contribution in [0.5, 0.6) is 11.8 Å². The number of piperidine rings is 1. The number of benzene rings is 1. The van der Waals surface area contributed by atoms with Gasteiger partial charge >= 0.3 is 6.01 Å². The van der Waals surface area contributed by atoms with Gasteiger partial charge in [0.2, 0.25) is 0 Å². The summed E-state index contributed by atoms with van der Waals surface area (Å²) in [5.41, 5.74) is 8.22. The molecule has 4 N–H and O–H groups in total. The molecule has 5 rings (SSSR count). The fraction of sp³-hybridized carbons (Fsp3) is 0.391. The normalized spacial score (nSPS) is 18.1. The molecule has 0 saturated carbocycles. The fourth-order valence-electron chi connectivity index (χ4n) is 4.39. The minimum atomic E-state index is -0.336. The lowest BCUT2D eigenvalue weighted by atomic mass is 9.79. The topological polar surface area (TPSA) is 118 Å². The summed E-state index contributed by atoms with van der Waals surface area (Å²) in [6, 6.07) is 3.21. The molecule has 10 heteroatoms. The lowest BCUT2D eigenvalue weighted by Crippen LogP contribution is -2.52. The van der Waals surface area contributed by atoms with E-state index < -0.39 is 0 Å². The number of anilines is 2. The molecule has 1 aromatic carbocycles. The first-order valence-corrected chi connectivity index (χ1v) is 10.9. The van der Waals surface area contributed by atoms with Crippen molar-refractivity contribution in [3.05, 3.63) is 36.2 Å². The number of rotatable bonds is 4. The van der Waals surface area contributed by atoms with E-state index in [9.17, 15) is 4.39 Å². The number of halogens is 1. The van der Waals surface area contributed by atoms with Gasteiger partial charge in [-0.1, -0.05) is 13.8 Å². The highest BCUT2D eigenvalue weighted by atomic mass is 19.1. The highest BCUT2D eigenvalue weighted by Crippen LogP contribution is 2.39. The van der Waals surface area contributed by atoms with Crippen LogP contribution in [-0.2, 0) is 0 Å². The van der Waals surface area contributed by atoms with Crippen LogP contribution in [0.4, 0.5) is 15.9 Å². The third-order valence-electron chi connectivity index (χ3n) is 6.33. The van der Waals surface area contributed by atoms with Crippen LogP contribution in [0.25, 0.3) is 21.9 Å². The van der Waals surface area contributed by atoms with Crippen LogP contribution in [0.3, 0.4) is 0 Å². The van der Waals surface area contributed by atoms with E-state index in [1.54, 1.807) is 26.4 Å². The molecule has 33 heavy (non-hydrogen) atoms. The van der Waals surface area contributed by atoms with E-state index in [1.807, 2.05) is 0 Å². The number of aryl methyl sites for hydroxylation is 1. The third kappa shape index (κ3) is 3.80. The largest absolute Gasteiger partial charge is 0.421 e. The van der Waals surface area contributed by atoms with Crippen LogP contribution in [0.1, 0.15) is 26.1 Å². The van der Waals surface area contributed by atoms with Crippen molar-refractivity contribution in [1.29, 1.82) is 0 Å². The van der Waals surface area contributed by atoms with Crippen molar-refractivity contribution in [3.63, 3.8) is 0 Å². The second-order valence-electron chi connectivity index (χ2n) is 9.18. The molecule has 0 bridgehead atoms. The molecular formula is C23H27FN8O. The zero-order chi connectivity index (χ0) is 23.3. The van der Waals surface area contributed by atoms with E-state index in [4.69, 9.17) is 15.5 Å². The molecule has 4 aromatic rings. The molecule has 0 amide bonds. The molecule has 1 saturated heterocycles. The van der Waals surface area contributed by atoms with Crippen LogP contribution in [-0.4, -0.2) is 51.1 Å². The molecule has 0 aliphatic carbocycles. The minimum Gasteiger partial charge on any atom is -0.421 e. The molecule has 4 heterocycles. The second kappa shape index (κ2) is 7.80. The highest BCUT2D eigenvalue weighted by Gasteiger charge is 2.35. The van der Waals surface area contributed by atoms with Crippen molar-refractivity contribution in [2.45, 2.75) is 33.2 Å². The lowest BCUT2D eigenvalue weighted by molar-refractivity contribution is 0.244. The molecule has 1 unspecified atom stereocenters. The van der Waals surface area contributed by atoms with Crippen molar-refractivity contribution < 1.29 is 9.13 Å². The molecule has 0 radical (unpaired) electrons. The Morgan fingerprint density at radius 1 is 1.24 bits per heavy atom. The summed E-state index contributed by atoms with van der Waals surface area (Å²) in [5.74, 6) is 1.42. The summed E-state index contributed by atoms with van der Waals surface area (Å²) in [7, 11) is 1.76.